The first-order chi connectivity index (χ1) is 6.85. The molecule has 0 N–H and O–H groups in total. The molecule has 0 unspecified atom stereocenters. The van der Waals surface area contributed by atoms with Crippen LogP contribution in [0.25, 0.3) is 0 Å². The molecule has 0 aromatic heterocycles. The van der Waals surface area contributed by atoms with E-state index in [1.807, 2.05) is 0 Å². The van der Waals surface area contributed by atoms with Crippen LogP contribution in [0.5, 0.6) is 23.0 Å². The van der Waals surface area contributed by atoms with Gasteiger partial charge in [-0.1, -0.05) is 0 Å². The molecule has 14 heavy (non-hydrogen) atoms. The van der Waals surface area contributed by atoms with E-state index in [1.54, 1.807) is 26.4 Å². The molecule has 0 amide bonds. The molecule has 0 bridgehead atoms. The average molecular weight is 196 g/mol. The lowest BCUT2D eigenvalue weighted by molar-refractivity contribution is 0.169. The summed E-state index contributed by atoms with van der Waals surface area (Å²) in [6.45, 7) is 1.14. The third-order valence-corrected chi connectivity index (χ3v) is 2.05. The van der Waals surface area contributed by atoms with Gasteiger partial charge in [0.15, 0.2) is 23.0 Å². The van der Waals surface area contributed by atoms with Gasteiger partial charge in [0.25, 0.3) is 0 Å². The van der Waals surface area contributed by atoms with Gasteiger partial charge in [0.1, 0.15) is 13.2 Å². The van der Waals surface area contributed by atoms with Crippen LogP contribution in [0.3, 0.4) is 0 Å². The summed E-state index contributed by atoms with van der Waals surface area (Å²) in [7, 11) is 3.18. The Morgan fingerprint density at radius 1 is 0.929 bits per heavy atom. The fourth-order valence-corrected chi connectivity index (χ4v) is 1.37. The Bertz CT molecular complexity index is 291. The summed E-state index contributed by atoms with van der Waals surface area (Å²) in [5, 5.41) is 0. The predicted molar refractivity (Wildman–Crippen MR) is 50.5 cm³/mol. The summed E-state index contributed by atoms with van der Waals surface area (Å²) in [5.41, 5.74) is 0. The Hall–Kier alpha value is -1.58. The van der Waals surface area contributed by atoms with Crippen LogP contribution in [0, 0.1) is 0 Å². The minimum atomic E-state index is 0.572. The second-order valence-electron chi connectivity index (χ2n) is 2.85. The van der Waals surface area contributed by atoms with Crippen molar-refractivity contribution in [2.45, 2.75) is 0 Å². The summed E-state index contributed by atoms with van der Waals surface area (Å²) in [5.74, 6) is 2.70. The van der Waals surface area contributed by atoms with E-state index in [9.17, 15) is 0 Å². The molecule has 2 rings (SSSR count). The highest BCUT2D eigenvalue weighted by Crippen LogP contribution is 2.40. The minimum Gasteiger partial charge on any atom is -0.493 e. The van der Waals surface area contributed by atoms with Gasteiger partial charge in [-0.2, -0.15) is 0 Å². The average Bonchev–Trinajstić information content (AvgIpc) is 2.27. The predicted octanol–water partition coefficient (Wildman–Crippen LogP) is 1.47. The quantitative estimate of drug-likeness (QED) is 0.717. The highest BCUT2D eigenvalue weighted by molar-refractivity contribution is 5.54. The second kappa shape index (κ2) is 3.65. The Morgan fingerprint density at radius 2 is 1.36 bits per heavy atom. The van der Waals surface area contributed by atoms with Gasteiger partial charge in [0.05, 0.1) is 14.2 Å². The van der Waals surface area contributed by atoms with Crippen LogP contribution in [-0.2, 0) is 0 Å². The minimum absolute atomic E-state index is 0.572. The van der Waals surface area contributed by atoms with Gasteiger partial charge in [-0.15, -0.1) is 0 Å². The number of benzene rings is 1. The molecule has 1 aliphatic rings. The molecule has 0 spiro atoms. The van der Waals surface area contributed by atoms with Gasteiger partial charge in [0, 0.05) is 12.1 Å². The van der Waals surface area contributed by atoms with Gasteiger partial charge in [-0.25, -0.2) is 0 Å². The van der Waals surface area contributed by atoms with Gasteiger partial charge in [-0.05, 0) is 0 Å². The van der Waals surface area contributed by atoms with Crippen LogP contribution in [0.15, 0.2) is 12.1 Å². The highest BCUT2D eigenvalue weighted by Gasteiger charge is 2.16. The summed E-state index contributed by atoms with van der Waals surface area (Å²) in [6.07, 6.45) is 0. The van der Waals surface area contributed by atoms with Crippen LogP contribution in [0.2, 0.25) is 0 Å². The Morgan fingerprint density at radius 3 is 1.71 bits per heavy atom. The van der Waals surface area contributed by atoms with E-state index >= 15 is 0 Å². The van der Waals surface area contributed by atoms with E-state index in [1.165, 1.54) is 0 Å². The van der Waals surface area contributed by atoms with E-state index in [0.717, 1.165) is 0 Å². The van der Waals surface area contributed by atoms with Crippen molar-refractivity contribution < 1.29 is 18.9 Å². The maximum absolute atomic E-state index is 5.40. The first-order valence-electron chi connectivity index (χ1n) is 4.37. The zero-order valence-corrected chi connectivity index (χ0v) is 8.20. The lowest BCUT2D eigenvalue weighted by Gasteiger charge is -2.20. The molecule has 0 saturated heterocycles. The fraction of sp³-hybridized carbons (Fsp3) is 0.400. The van der Waals surface area contributed by atoms with Crippen molar-refractivity contribution in [3.8, 4) is 23.0 Å². The van der Waals surface area contributed by atoms with Crippen LogP contribution in [-0.4, -0.2) is 27.4 Å². The van der Waals surface area contributed by atoms with Gasteiger partial charge >= 0.3 is 0 Å². The second-order valence-corrected chi connectivity index (χ2v) is 2.85. The molecule has 0 fully saturated rings. The van der Waals surface area contributed by atoms with Crippen molar-refractivity contribution in [1.82, 2.24) is 0 Å². The fourth-order valence-electron chi connectivity index (χ4n) is 1.37. The number of rotatable bonds is 2. The number of hydrogen-bond acceptors (Lipinski definition) is 4. The van der Waals surface area contributed by atoms with Crippen molar-refractivity contribution in [2.24, 2.45) is 0 Å². The number of fused-ring (bicyclic) bond motifs is 1. The monoisotopic (exact) mass is 196 g/mol. The standard InChI is InChI=1S/C10H12O4/c1-11-7-5-9-10(6-8(7)12-2)14-4-3-13-9/h5-6H,3-4H2,1-2H3. The molecule has 1 aliphatic heterocycles. The van der Waals surface area contributed by atoms with Gasteiger partial charge in [0.2, 0.25) is 0 Å². The number of ether oxygens (including phenoxy) is 4. The third kappa shape index (κ3) is 1.43. The van der Waals surface area contributed by atoms with E-state index in [0.29, 0.717) is 36.2 Å². The SMILES string of the molecule is COc1cc2c(cc1OC)OCCO2. The highest BCUT2D eigenvalue weighted by atomic mass is 16.6. The summed E-state index contributed by atoms with van der Waals surface area (Å²) < 4.78 is 21.1. The van der Waals surface area contributed by atoms with Crippen molar-refractivity contribution in [3.05, 3.63) is 12.1 Å². The molecule has 0 radical (unpaired) electrons. The van der Waals surface area contributed by atoms with E-state index in [-0.39, 0.29) is 0 Å². The molecule has 76 valence electrons. The zero-order valence-electron chi connectivity index (χ0n) is 8.20. The first kappa shape index (κ1) is 8.99. The molecule has 0 aliphatic carbocycles. The summed E-state index contributed by atoms with van der Waals surface area (Å²) in [6, 6.07) is 3.54. The zero-order chi connectivity index (χ0) is 9.97. The van der Waals surface area contributed by atoms with Crippen LogP contribution < -0.4 is 18.9 Å². The molecule has 0 saturated carbocycles. The Balaban J connectivity index is 2.43. The summed E-state index contributed by atoms with van der Waals surface area (Å²) in [4.78, 5) is 0. The summed E-state index contributed by atoms with van der Waals surface area (Å²) >= 11 is 0. The molecular weight excluding hydrogens is 184 g/mol. The molecule has 4 nitrogen and oxygen atoms in total. The third-order valence-electron chi connectivity index (χ3n) is 2.05. The molecule has 1 heterocycles. The Labute approximate surface area is 82.3 Å². The van der Waals surface area contributed by atoms with Crippen LogP contribution in [0.1, 0.15) is 0 Å². The van der Waals surface area contributed by atoms with Crippen molar-refractivity contribution in [1.29, 1.82) is 0 Å². The lowest BCUT2D eigenvalue weighted by Crippen LogP contribution is -2.15. The molecular formula is C10H12O4. The number of methoxy groups -OCH3 is 2. The van der Waals surface area contributed by atoms with Gasteiger partial charge < -0.3 is 18.9 Å². The lowest BCUT2D eigenvalue weighted by atomic mass is 10.2. The molecule has 0 atom stereocenters. The van der Waals surface area contributed by atoms with E-state index < -0.39 is 0 Å². The maximum Gasteiger partial charge on any atom is 0.165 e. The van der Waals surface area contributed by atoms with Crippen LogP contribution >= 0.6 is 0 Å². The van der Waals surface area contributed by atoms with E-state index in [4.69, 9.17) is 18.9 Å². The van der Waals surface area contributed by atoms with Crippen molar-refractivity contribution >= 4 is 0 Å². The number of hydrogen-bond donors (Lipinski definition) is 0. The maximum atomic E-state index is 5.40. The van der Waals surface area contributed by atoms with Crippen molar-refractivity contribution in [2.75, 3.05) is 27.4 Å². The van der Waals surface area contributed by atoms with Crippen molar-refractivity contribution in [3.63, 3.8) is 0 Å². The first-order valence-corrected chi connectivity index (χ1v) is 4.37. The molecule has 1 aromatic carbocycles. The van der Waals surface area contributed by atoms with Gasteiger partial charge in [-0.3, -0.25) is 0 Å². The van der Waals surface area contributed by atoms with E-state index in [2.05, 4.69) is 0 Å². The topological polar surface area (TPSA) is 36.9 Å². The molecule has 4 heteroatoms. The Kier molecular flexibility index (Phi) is 2.35. The van der Waals surface area contributed by atoms with Crippen LogP contribution in [0.4, 0.5) is 0 Å². The normalized spacial score (nSPS) is 13.6. The molecule has 1 aromatic rings. The largest absolute Gasteiger partial charge is 0.493 e. The smallest absolute Gasteiger partial charge is 0.165 e.